The van der Waals surface area contributed by atoms with E-state index in [-0.39, 0.29) is 16.5 Å². The molecule has 2 unspecified atom stereocenters. The summed E-state index contributed by atoms with van der Waals surface area (Å²) in [6.45, 7) is 3.01. The second kappa shape index (κ2) is 5.13. The Labute approximate surface area is 119 Å². The number of phenols is 1. The fourth-order valence-corrected chi connectivity index (χ4v) is 3.09. The summed E-state index contributed by atoms with van der Waals surface area (Å²) in [4.78, 5) is 1.88. The van der Waals surface area contributed by atoms with Crippen molar-refractivity contribution in [2.75, 3.05) is 27.8 Å². The van der Waals surface area contributed by atoms with E-state index >= 15 is 0 Å². The van der Waals surface area contributed by atoms with Crippen LogP contribution in [0.25, 0.3) is 0 Å². The van der Waals surface area contributed by atoms with Crippen LogP contribution in [0.4, 0.5) is 0 Å². The highest BCUT2D eigenvalue weighted by molar-refractivity contribution is 7.81. The SMILES string of the molecule is COc1cc(O)c(C2CCN(C)C2(C)S)c(OC)c1. The number of hydrogen-bond donors (Lipinski definition) is 2. The molecule has 0 amide bonds. The average molecular weight is 283 g/mol. The summed E-state index contributed by atoms with van der Waals surface area (Å²) < 4.78 is 10.6. The molecular formula is C14H21NO3S. The number of phenolic OH excluding ortho intramolecular Hbond substituents is 1. The van der Waals surface area contributed by atoms with Crippen LogP contribution >= 0.6 is 12.6 Å². The number of hydrogen-bond acceptors (Lipinski definition) is 5. The normalized spacial score (nSPS) is 27.5. The molecule has 2 atom stereocenters. The van der Waals surface area contributed by atoms with Crippen LogP contribution in [0.5, 0.6) is 17.2 Å². The molecule has 5 heteroatoms. The van der Waals surface area contributed by atoms with Gasteiger partial charge in [0.15, 0.2) is 0 Å². The topological polar surface area (TPSA) is 41.9 Å². The largest absolute Gasteiger partial charge is 0.507 e. The zero-order valence-electron chi connectivity index (χ0n) is 11.8. The van der Waals surface area contributed by atoms with E-state index in [1.165, 1.54) is 0 Å². The standard InChI is InChI=1S/C14H21NO3S/c1-14(19)10(5-6-15(14)2)13-11(16)7-9(17-3)8-12(13)18-4/h7-8,10,16,19H,5-6H2,1-4H3. The Morgan fingerprint density at radius 3 is 2.53 bits per heavy atom. The summed E-state index contributed by atoms with van der Waals surface area (Å²) in [5.74, 6) is 1.56. The highest BCUT2D eigenvalue weighted by Gasteiger charge is 2.43. The number of benzene rings is 1. The summed E-state index contributed by atoms with van der Waals surface area (Å²) in [5.41, 5.74) is 0.810. The number of likely N-dealkylation sites (tertiary alicyclic amines) is 1. The molecule has 2 rings (SSSR count). The number of rotatable bonds is 3. The van der Waals surface area contributed by atoms with Crippen LogP contribution in [0, 0.1) is 0 Å². The fraction of sp³-hybridized carbons (Fsp3) is 0.571. The summed E-state index contributed by atoms with van der Waals surface area (Å²) in [6, 6.07) is 3.43. The van der Waals surface area contributed by atoms with Crippen LogP contribution in [0.15, 0.2) is 12.1 Å². The van der Waals surface area contributed by atoms with Crippen LogP contribution < -0.4 is 9.47 Å². The molecule has 1 N–H and O–H groups in total. The molecule has 1 saturated heterocycles. The van der Waals surface area contributed by atoms with Crippen molar-refractivity contribution in [1.29, 1.82) is 0 Å². The highest BCUT2D eigenvalue weighted by Crippen LogP contribution is 2.50. The van der Waals surface area contributed by atoms with Crippen LogP contribution in [0.1, 0.15) is 24.8 Å². The Hall–Kier alpha value is -1.07. The molecule has 1 heterocycles. The van der Waals surface area contributed by atoms with Gasteiger partial charge in [0.2, 0.25) is 0 Å². The first kappa shape index (κ1) is 14.3. The highest BCUT2D eigenvalue weighted by atomic mass is 32.1. The number of ether oxygens (including phenoxy) is 2. The Morgan fingerprint density at radius 1 is 1.37 bits per heavy atom. The third kappa shape index (κ3) is 2.37. The molecule has 0 aromatic heterocycles. The van der Waals surface area contributed by atoms with Crippen molar-refractivity contribution in [1.82, 2.24) is 4.90 Å². The van der Waals surface area contributed by atoms with Gasteiger partial charge in [-0.2, -0.15) is 12.6 Å². The van der Waals surface area contributed by atoms with Crippen molar-refractivity contribution in [2.24, 2.45) is 0 Å². The van der Waals surface area contributed by atoms with Gasteiger partial charge in [0.05, 0.1) is 19.1 Å². The van der Waals surface area contributed by atoms with Crippen molar-refractivity contribution in [3.8, 4) is 17.2 Å². The van der Waals surface area contributed by atoms with Gasteiger partial charge in [-0.05, 0) is 26.9 Å². The van der Waals surface area contributed by atoms with Gasteiger partial charge >= 0.3 is 0 Å². The average Bonchev–Trinajstić information content (AvgIpc) is 2.63. The van der Waals surface area contributed by atoms with Crippen molar-refractivity contribution in [3.63, 3.8) is 0 Å². The third-order valence-corrected chi connectivity index (χ3v) is 4.74. The lowest BCUT2D eigenvalue weighted by Gasteiger charge is -2.33. The molecule has 106 valence electrons. The first-order valence-electron chi connectivity index (χ1n) is 6.30. The second-order valence-electron chi connectivity index (χ2n) is 5.12. The minimum absolute atomic E-state index is 0.113. The summed E-state index contributed by atoms with van der Waals surface area (Å²) >= 11 is 4.76. The predicted molar refractivity (Wildman–Crippen MR) is 78.6 cm³/mol. The lowest BCUT2D eigenvalue weighted by molar-refractivity contribution is 0.279. The van der Waals surface area contributed by atoms with Gasteiger partial charge in [-0.25, -0.2) is 0 Å². The maximum Gasteiger partial charge on any atom is 0.129 e. The number of likely N-dealkylation sites (N-methyl/N-ethyl adjacent to an activating group) is 1. The minimum atomic E-state index is -0.306. The lowest BCUT2D eigenvalue weighted by Crippen LogP contribution is -2.36. The Bertz CT molecular complexity index is 476. The van der Waals surface area contributed by atoms with Crippen molar-refractivity contribution in [3.05, 3.63) is 17.7 Å². The molecule has 1 aliphatic heterocycles. The molecule has 19 heavy (non-hydrogen) atoms. The Balaban J connectivity index is 2.50. The van der Waals surface area contributed by atoms with Gasteiger partial charge in [0.1, 0.15) is 17.2 Å². The third-order valence-electron chi connectivity index (χ3n) is 4.08. The molecular weight excluding hydrogens is 262 g/mol. The van der Waals surface area contributed by atoms with Gasteiger partial charge in [-0.15, -0.1) is 0 Å². The van der Waals surface area contributed by atoms with E-state index in [9.17, 15) is 5.11 Å². The first-order valence-corrected chi connectivity index (χ1v) is 6.75. The van der Waals surface area contributed by atoms with Gasteiger partial charge in [0, 0.05) is 23.6 Å². The second-order valence-corrected chi connectivity index (χ2v) is 6.02. The predicted octanol–water partition coefficient (Wildman–Crippen LogP) is 2.47. The smallest absolute Gasteiger partial charge is 0.129 e. The van der Waals surface area contributed by atoms with E-state index in [0.717, 1.165) is 18.5 Å². The molecule has 0 aliphatic carbocycles. The molecule has 1 aliphatic rings. The van der Waals surface area contributed by atoms with E-state index in [0.29, 0.717) is 11.5 Å². The summed E-state index contributed by atoms with van der Waals surface area (Å²) in [6.07, 6.45) is 0.937. The Morgan fingerprint density at radius 2 is 2.05 bits per heavy atom. The quantitative estimate of drug-likeness (QED) is 0.836. The molecule has 0 spiro atoms. The molecule has 0 saturated carbocycles. The van der Waals surface area contributed by atoms with Gasteiger partial charge < -0.3 is 14.6 Å². The zero-order chi connectivity index (χ0) is 14.2. The fourth-order valence-electron chi connectivity index (χ4n) is 2.73. The van der Waals surface area contributed by atoms with Crippen LogP contribution in [0.3, 0.4) is 0 Å². The molecule has 0 radical (unpaired) electrons. The number of nitrogens with zero attached hydrogens (tertiary/aromatic N) is 1. The molecule has 1 aromatic rings. The molecule has 4 nitrogen and oxygen atoms in total. The number of methoxy groups -OCH3 is 2. The van der Waals surface area contributed by atoms with Crippen LogP contribution in [-0.4, -0.2) is 42.7 Å². The van der Waals surface area contributed by atoms with E-state index in [2.05, 4.69) is 11.8 Å². The van der Waals surface area contributed by atoms with Gasteiger partial charge in [0.25, 0.3) is 0 Å². The van der Waals surface area contributed by atoms with Crippen LogP contribution in [-0.2, 0) is 0 Å². The van der Waals surface area contributed by atoms with E-state index < -0.39 is 0 Å². The molecule has 1 fully saturated rings. The van der Waals surface area contributed by atoms with E-state index in [4.69, 9.17) is 22.1 Å². The summed E-state index contributed by atoms with van der Waals surface area (Å²) in [5, 5.41) is 10.3. The number of aromatic hydroxyl groups is 1. The first-order chi connectivity index (χ1) is 8.91. The maximum absolute atomic E-state index is 10.3. The lowest BCUT2D eigenvalue weighted by atomic mass is 9.90. The van der Waals surface area contributed by atoms with Crippen molar-refractivity contribution >= 4 is 12.6 Å². The molecule has 0 bridgehead atoms. The van der Waals surface area contributed by atoms with Crippen molar-refractivity contribution < 1.29 is 14.6 Å². The Kier molecular flexibility index (Phi) is 3.87. The summed E-state index contributed by atoms with van der Waals surface area (Å²) in [7, 11) is 5.21. The van der Waals surface area contributed by atoms with E-state index in [1.807, 2.05) is 7.05 Å². The van der Waals surface area contributed by atoms with Gasteiger partial charge in [-0.1, -0.05) is 0 Å². The minimum Gasteiger partial charge on any atom is -0.507 e. The zero-order valence-corrected chi connectivity index (χ0v) is 12.7. The van der Waals surface area contributed by atoms with Crippen LogP contribution in [0.2, 0.25) is 0 Å². The maximum atomic E-state index is 10.3. The van der Waals surface area contributed by atoms with Gasteiger partial charge in [-0.3, -0.25) is 4.90 Å². The monoisotopic (exact) mass is 283 g/mol. The van der Waals surface area contributed by atoms with E-state index in [1.54, 1.807) is 26.4 Å². The number of thiol groups is 1. The molecule has 1 aromatic carbocycles. The van der Waals surface area contributed by atoms with Crippen molar-refractivity contribution in [2.45, 2.75) is 24.1 Å².